The van der Waals surface area contributed by atoms with Crippen LogP contribution in [0.5, 0.6) is 5.75 Å². The van der Waals surface area contributed by atoms with Gasteiger partial charge in [0.25, 0.3) is 10.7 Å². The second-order valence-corrected chi connectivity index (χ2v) is 4.83. The molecule has 6 heteroatoms. The van der Waals surface area contributed by atoms with E-state index in [4.69, 9.17) is 21.4 Å². The molecule has 22 heavy (non-hydrogen) atoms. The van der Waals surface area contributed by atoms with Crippen molar-refractivity contribution in [3.63, 3.8) is 0 Å². The first-order chi connectivity index (χ1) is 10.7. The summed E-state index contributed by atoms with van der Waals surface area (Å²) in [5.74, 6) is 0.688. The monoisotopic (exact) mass is 312 g/mol. The summed E-state index contributed by atoms with van der Waals surface area (Å²) in [6, 6.07) is 15.9. The number of hydrogen-bond acceptors (Lipinski definition) is 5. The van der Waals surface area contributed by atoms with Crippen LogP contribution < -0.4 is 4.74 Å². The zero-order valence-corrected chi connectivity index (χ0v) is 12.5. The van der Waals surface area contributed by atoms with Crippen molar-refractivity contribution in [2.45, 2.75) is 0 Å². The SMILES string of the molecule is COc1ccc(-c2nn(C(=O)c3ccccc3)c(=S)o2)cc1. The topological polar surface area (TPSA) is 57.3 Å². The lowest BCUT2D eigenvalue weighted by atomic mass is 10.2. The minimum atomic E-state index is -0.325. The summed E-state index contributed by atoms with van der Waals surface area (Å²) in [7, 11) is 1.59. The van der Waals surface area contributed by atoms with Gasteiger partial charge in [-0.3, -0.25) is 4.79 Å². The minimum absolute atomic E-state index is 0.0136. The van der Waals surface area contributed by atoms with Gasteiger partial charge in [-0.25, -0.2) is 0 Å². The molecule has 0 N–H and O–H groups in total. The number of benzene rings is 2. The van der Waals surface area contributed by atoms with Crippen molar-refractivity contribution < 1.29 is 13.9 Å². The molecule has 0 unspecified atom stereocenters. The van der Waals surface area contributed by atoms with Crippen LogP contribution in [0.15, 0.2) is 59.0 Å². The lowest BCUT2D eigenvalue weighted by Crippen LogP contribution is -2.13. The molecule has 3 rings (SSSR count). The Morgan fingerprint density at radius 1 is 1.14 bits per heavy atom. The maximum absolute atomic E-state index is 12.4. The molecule has 0 aliphatic carbocycles. The molecule has 5 nitrogen and oxygen atoms in total. The lowest BCUT2D eigenvalue weighted by Gasteiger charge is -1.99. The van der Waals surface area contributed by atoms with Crippen LogP contribution in [0.1, 0.15) is 10.4 Å². The molecule has 0 spiro atoms. The van der Waals surface area contributed by atoms with Crippen LogP contribution in [0.4, 0.5) is 0 Å². The molecule has 1 aromatic heterocycles. The van der Waals surface area contributed by atoms with Crippen LogP contribution in [0.25, 0.3) is 11.5 Å². The standard InChI is InChI=1S/C16H12N2O3S/c1-20-13-9-7-11(8-10-13)14-17-18(16(22)21-14)15(19)12-5-3-2-4-6-12/h2-10H,1H3. The smallest absolute Gasteiger partial charge is 0.295 e. The maximum Gasteiger partial charge on any atom is 0.295 e. The van der Waals surface area contributed by atoms with Gasteiger partial charge in [0.1, 0.15) is 5.75 Å². The average Bonchev–Trinajstić information content (AvgIpc) is 2.97. The fourth-order valence-electron chi connectivity index (χ4n) is 1.96. The molecule has 0 fully saturated rings. The number of methoxy groups -OCH3 is 1. The van der Waals surface area contributed by atoms with Crippen LogP contribution in [0.2, 0.25) is 0 Å². The molecule has 0 bridgehead atoms. The van der Waals surface area contributed by atoms with Gasteiger partial charge < -0.3 is 9.15 Å². The second-order valence-electron chi connectivity index (χ2n) is 4.48. The van der Waals surface area contributed by atoms with Crippen molar-refractivity contribution in [2.24, 2.45) is 0 Å². The third kappa shape index (κ3) is 2.68. The van der Waals surface area contributed by atoms with E-state index < -0.39 is 0 Å². The normalized spacial score (nSPS) is 10.4. The van der Waals surface area contributed by atoms with Gasteiger partial charge in [-0.15, -0.1) is 9.78 Å². The number of carbonyl (C=O) groups is 1. The molecular formula is C16H12N2O3S. The number of ether oxygens (including phenoxy) is 1. The largest absolute Gasteiger partial charge is 0.497 e. The van der Waals surface area contributed by atoms with Crippen LogP contribution in [0.3, 0.4) is 0 Å². The van der Waals surface area contributed by atoms with E-state index >= 15 is 0 Å². The third-order valence-corrected chi connectivity index (χ3v) is 3.35. The van der Waals surface area contributed by atoms with E-state index in [0.717, 1.165) is 10.4 Å². The number of hydrogen-bond donors (Lipinski definition) is 0. The first kappa shape index (κ1) is 14.2. The van der Waals surface area contributed by atoms with Gasteiger partial charge in [-0.2, -0.15) is 0 Å². The van der Waals surface area contributed by atoms with E-state index in [1.54, 1.807) is 55.6 Å². The summed E-state index contributed by atoms with van der Waals surface area (Å²) in [4.78, 5) is 12.4. The van der Waals surface area contributed by atoms with Crippen molar-refractivity contribution in [3.05, 3.63) is 65.0 Å². The highest BCUT2D eigenvalue weighted by atomic mass is 32.1. The molecule has 0 radical (unpaired) electrons. The molecule has 2 aromatic carbocycles. The van der Waals surface area contributed by atoms with Gasteiger partial charge in [0.2, 0.25) is 5.89 Å². The number of carbonyl (C=O) groups excluding carboxylic acids is 1. The summed E-state index contributed by atoms with van der Waals surface area (Å²) < 4.78 is 11.6. The highest BCUT2D eigenvalue weighted by Crippen LogP contribution is 2.21. The maximum atomic E-state index is 12.4. The Hall–Kier alpha value is -2.73. The predicted molar refractivity (Wildman–Crippen MR) is 83.5 cm³/mol. The van der Waals surface area contributed by atoms with Crippen molar-refractivity contribution in [3.8, 4) is 17.2 Å². The molecular weight excluding hydrogens is 300 g/mol. The molecule has 1 heterocycles. The van der Waals surface area contributed by atoms with Crippen molar-refractivity contribution in [1.82, 2.24) is 9.78 Å². The highest BCUT2D eigenvalue weighted by molar-refractivity contribution is 7.71. The number of rotatable bonds is 3. The fourth-order valence-corrected chi connectivity index (χ4v) is 2.16. The van der Waals surface area contributed by atoms with E-state index in [9.17, 15) is 4.79 Å². The molecule has 0 atom stereocenters. The third-order valence-electron chi connectivity index (χ3n) is 3.10. The van der Waals surface area contributed by atoms with Crippen LogP contribution in [-0.4, -0.2) is 22.8 Å². The first-order valence-corrected chi connectivity index (χ1v) is 6.94. The lowest BCUT2D eigenvalue weighted by molar-refractivity contribution is 0.0940. The Labute approximate surface area is 131 Å². The average molecular weight is 312 g/mol. The van der Waals surface area contributed by atoms with Crippen LogP contribution >= 0.6 is 12.2 Å². The van der Waals surface area contributed by atoms with E-state index in [2.05, 4.69) is 5.10 Å². The van der Waals surface area contributed by atoms with Gasteiger partial charge in [0.05, 0.1) is 7.11 Å². The Bertz CT molecular complexity index is 851. The Balaban J connectivity index is 1.97. The van der Waals surface area contributed by atoms with Gasteiger partial charge in [-0.1, -0.05) is 18.2 Å². The number of aromatic nitrogens is 2. The van der Waals surface area contributed by atoms with Gasteiger partial charge in [0.15, 0.2) is 0 Å². The molecule has 110 valence electrons. The molecule has 0 saturated heterocycles. The quantitative estimate of drug-likeness (QED) is 0.692. The predicted octanol–water partition coefficient (Wildman–Crippen LogP) is 3.57. The van der Waals surface area contributed by atoms with Gasteiger partial charge in [0, 0.05) is 11.1 Å². The second kappa shape index (κ2) is 5.95. The van der Waals surface area contributed by atoms with E-state index in [-0.39, 0.29) is 16.6 Å². The van der Waals surface area contributed by atoms with Gasteiger partial charge >= 0.3 is 0 Å². The first-order valence-electron chi connectivity index (χ1n) is 6.53. The van der Waals surface area contributed by atoms with Crippen molar-refractivity contribution >= 4 is 18.1 Å². The molecule has 0 amide bonds. The minimum Gasteiger partial charge on any atom is -0.497 e. The van der Waals surface area contributed by atoms with E-state index in [1.165, 1.54) is 0 Å². The van der Waals surface area contributed by atoms with Crippen LogP contribution in [-0.2, 0) is 0 Å². The molecule has 0 saturated carbocycles. The highest BCUT2D eigenvalue weighted by Gasteiger charge is 2.15. The summed E-state index contributed by atoms with van der Waals surface area (Å²) in [5.41, 5.74) is 1.21. The number of nitrogens with zero attached hydrogens (tertiary/aromatic N) is 2. The van der Waals surface area contributed by atoms with E-state index in [0.29, 0.717) is 11.1 Å². The summed E-state index contributed by atoms with van der Waals surface area (Å²) in [6.07, 6.45) is 0. The molecule has 0 aliphatic heterocycles. The summed E-state index contributed by atoms with van der Waals surface area (Å²) in [5, 5.41) is 4.17. The molecule has 3 aromatic rings. The van der Waals surface area contributed by atoms with Crippen LogP contribution in [0, 0.1) is 4.84 Å². The van der Waals surface area contributed by atoms with Crippen molar-refractivity contribution in [1.29, 1.82) is 0 Å². The Morgan fingerprint density at radius 2 is 1.82 bits per heavy atom. The summed E-state index contributed by atoms with van der Waals surface area (Å²) in [6.45, 7) is 0. The fraction of sp³-hybridized carbons (Fsp3) is 0.0625. The van der Waals surface area contributed by atoms with Gasteiger partial charge in [-0.05, 0) is 48.6 Å². The zero-order valence-electron chi connectivity index (χ0n) is 11.7. The molecule has 0 aliphatic rings. The van der Waals surface area contributed by atoms with Crippen molar-refractivity contribution in [2.75, 3.05) is 7.11 Å². The summed E-state index contributed by atoms with van der Waals surface area (Å²) >= 11 is 5.09. The zero-order chi connectivity index (χ0) is 15.5. The Kier molecular flexibility index (Phi) is 3.84. The Morgan fingerprint density at radius 3 is 2.45 bits per heavy atom. The van der Waals surface area contributed by atoms with E-state index in [1.807, 2.05) is 6.07 Å².